The number of H-pyrrole nitrogens is 1. The average molecular weight is 195 g/mol. The van der Waals surface area contributed by atoms with Crippen molar-refractivity contribution in [2.24, 2.45) is 5.92 Å². The van der Waals surface area contributed by atoms with Gasteiger partial charge in [-0.3, -0.25) is 0 Å². The Morgan fingerprint density at radius 1 is 1.57 bits per heavy atom. The first-order valence-electron chi connectivity index (χ1n) is 5.26. The zero-order valence-corrected chi connectivity index (χ0v) is 9.38. The highest BCUT2D eigenvalue weighted by Gasteiger charge is 2.09. The molecule has 0 spiro atoms. The highest BCUT2D eigenvalue weighted by atomic mass is 15.1. The Hall–Kier alpha value is -0.960. The van der Waals surface area contributed by atoms with Crippen LogP contribution in [0.25, 0.3) is 0 Å². The van der Waals surface area contributed by atoms with Crippen molar-refractivity contribution in [3.05, 3.63) is 18.5 Å². The van der Waals surface area contributed by atoms with Crippen LogP contribution in [0.2, 0.25) is 0 Å². The van der Waals surface area contributed by atoms with Gasteiger partial charge < -0.3 is 15.2 Å². The van der Waals surface area contributed by atoms with Gasteiger partial charge in [-0.25, -0.2) is 0 Å². The predicted octanol–water partition coefficient (Wildman–Crippen LogP) is 1.70. The Kier molecular flexibility index (Phi) is 4.53. The molecule has 3 nitrogen and oxygen atoms in total. The maximum absolute atomic E-state index is 3.23. The molecule has 1 heterocycles. The van der Waals surface area contributed by atoms with Crippen LogP contribution < -0.4 is 10.2 Å². The zero-order chi connectivity index (χ0) is 10.4. The number of hydrogen-bond donors (Lipinski definition) is 2. The van der Waals surface area contributed by atoms with Crippen molar-refractivity contribution >= 4 is 5.69 Å². The molecule has 2 N–H and O–H groups in total. The van der Waals surface area contributed by atoms with E-state index in [1.54, 1.807) is 0 Å². The van der Waals surface area contributed by atoms with Crippen LogP contribution in [0, 0.1) is 5.92 Å². The minimum absolute atomic E-state index is 0.722. The number of nitrogens with zero attached hydrogens (tertiary/aromatic N) is 1. The van der Waals surface area contributed by atoms with E-state index in [2.05, 4.69) is 35.2 Å². The van der Waals surface area contributed by atoms with Crippen LogP contribution in [-0.4, -0.2) is 32.2 Å². The maximum Gasteiger partial charge on any atom is 0.0541 e. The summed E-state index contributed by atoms with van der Waals surface area (Å²) in [6.07, 6.45) is 5.21. The first-order chi connectivity index (χ1) is 6.77. The fourth-order valence-electron chi connectivity index (χ4n) is 1.67. The van der Waals surface area contributed by atoms with Gasteiger partial charge in [0.2, 0.25) is 0 Å². The molecule has 0 saturated carbocycles. The van der Waals surface area contributed by atoms with Crippen molar-refractivity contribution in [3.63, 3.8) is 0 Å². The molecule has 1 aromatic heterocycles. The van der Waals surface area contributed by atoms with E-state index in [4.69, 9.17) is 0 Å². The number of nitrogens with one attached hydrogen (secondary N) is 2. The van der Waals surface area contributed by atoms with Gasteiger partial charge >= 0.3 is 0 Å². The van der Waals surface area contributed by atoms with Crippen LogP contribution in [0.3, 0.4) is 0 Å². The summed E-state index contributed by atoms with van der Waals surface area (Å²) in [6.45, 7) is 4.44. The lowest BCUT2D eigenvalue weighted by Gasteiger charge is -2.23. The lowest BCUT2D eigenvalue weighted by Crippen LogP contribution is -2.30. The summed E-state index contributed by atoms with van der Waals surface area (Å²) in [7, 11) is 4.15. The third-order valence-corrected chi connectivity index (χ3v) is 2.62. The van der Waals surface area contributed by atoms with Crippen LogP contribution in [0.4, 0.5) is 5.69 Å². The second kappa shape index (κ2) is 5.70. The normalized spacial score (nSPS) is 12.8. The van der Waals surface area contributed by atoms with E-state index in [0.717, 1.165) is 19.0 Å². The molecule has 1 unspecified atom stereocenters. The van der Waals surface area contributed by atoms with Gasteiger partial charge in [0.25, 0.3) is 0 Å². The van der Waals surface area contributed by atoms with E-state index in [9.17, 15) is 0 Å². The number of hydrogen-bond acceptors (Lipinski definition) is 2. The van der Waals surface area contributed by atoms with Gasteiger partial charge in [-0.2, -0.15) is 0 Å². The van der Waals surface area contributed by atoms with Crippen molar-refractivity contribution in [1.82, 2.24) is 10.3 Å². The fourth-order valence-corrected chi connectivity index (χ4v) is 1.67. The van der Waals surface area contributed by atoms with Crippen LogP contribution in [0.1, 0.15) is 13.3 Å². The Bertz CT molecular complexity index is 231. The molecule has 0 saturated heterocycles. The summed E-state index contributed by atoms with van der Waals surface area (Å²) in [5, 5.41) is 3.23. The fraction of sp³-hybridized carbons (Fsp3) is 0.636. The highest BCUT2D eigenvalue weighted by molar-refractivity contribution is 5.43. The molecule has 0 bridgehead atoms. The van der Waals surface area contributed by atoms with E-state index in [1.165, 1.54) is 12.1 Å². The van der Waals surface area contributed by atoms with Crippen molar-refractivity contribution in [2.45, 2.75) is 13.3 Å². The quantitative estimate of drug-likeness (QED) is 0.724. The third kappa shape index (κ3) is 3.07. The molecule has 0 fully saturated rings. The van der Waals surface area contributed by atoms with Gasteiger partial charge in [-0.1, -0.05) is 13.3 Å². The lowest BCUT2D eigenvalue weighted by molar-refractivity contribution is 0.485. The summed E-state index contributed by atoms with van der Waals surface area (Å²) in [6, 6.07) is 2.10. The Morgan fingerprint density at radius 2 is 2.36 bits per heavy atom. The SMILES string of the molecule is CCC(CNC)CN(C)c1cc[nH]c1. The molecule has 1 rings (SSSR count). The van der Waals surface area contributed by atoms with Crippen LogP contribution in [0.15, 0.2) is 18.5 Å². The van der Waals surface area contributed by atoms with Gasteiger partial charge in [-0.15, -0.1) is 0 Å². The van der Waals surface area contributed by atoms with E-state index >= 15 is 0 Å². The minimum Gasteiger partial charge on any atom is -0.373 e. The van der Waals surface area contributed by atoms with Crippen LogP contribution in [0.5, 0.6) is 0 Å². The molecule has 1 aromatic rings. The van der Waals surface area contributed by atoms with Crippen LogP contribution in [-0.2, 0) is 0 Å². The lowest BCUT2D eigenvalue weighted by atomic mass is 10.1. The molecule has 1 atom stereocenters. The highest BCUT2D eigenvalue weighted by Crippen LogP contribution is 2.13. The molecule has 80 valence electrons. The van der Waals surface area contributed by atoms with Crippen molar-refractivity contribution in [3.8, 4) is 0 Å². The van der Waals surface area contributed by atoms with E-state index in [-0.39, 0.29) is 0 Å². The molecule has 0 aliphatic carbocycles. The predicted molar refractivity (Wildman–Crippen MR) is 61.8 cm³/mol. The summed E-state index contributed by atoms with van der Waals surface area (Å²) in [4.78, 5) is 5.37. The Labute approximate surface area is 86.5 Å². The second-order valence-corrected chi connectivity index (χ2v) is 3.78. The molecule has 0 radical (unpaired) electrons. The monoisotopic (exact) mass is 195 g/mol. The van der Waals surface area contributed by atoms with Crippen LogP contribution >= 0.6 is 0 Å². The Balaban J connectivity index is 2.42. The summed E-state index contributed by atoms with van der Waals surface area (Å²) in [5.41, 5.74) is 1.26. The van der Waals surface area contributed by atoms with E-state index in [1.807, 2.05) is 19.4 Å². The topological polar surface area (TPSA) is 31.1 Å². The molecule has 0 aliphatic heterocycles. The first kappa shape index (κ1) is 11.1. The maximum atomic E-state index is 3.23. The van der Waals surface area contributed by atoms with Gasteiger partial charge in [0, 0.05) is 26.0 Å². The van der Waals surface area contributed by atoms with Gasteiger partial charge in [0.1, 0.15) is 0 Å². The van der Waals surface area contributed by atoms with E-state index in [0.29, 0.717) is 0 Å². The summed E-state index contributed by atoms with van der Waals surface area (Å²) in [5.74, 6) is 0.722. The zero-order valence-electron chi connectivity index (χ0n) is 9.38. The number of anilines is 1. The molecule has 0 aliphatic rings. The molecule has 0 amide bonds. The van der Waals surface area contributed by atoms with E-state index < -0.39 is 0 Å². The summed E-state index contributed by atoms with van der Waals surface area (Å²) >= 11 is 0. The number of rotatable bonds is 6. The van der Waals surface area contributed by atoms with Crippen molar-refractivity contribution < 1.29 is 0 Å². The molecular weight excluding hydrogens is 174 g/mol. The first-order valence-corrected chi connectivity index (χ1v) is 5.26. The minimum atomic E-state index is 0.722. The van der Waals surface area contributed by atoms with Gasteiger partial charge in [-0.05, 0) is 25.6 Å². The van der Waals surface area contributed by atoms with Gasteiger partial charge in [0.15, 0.2) is 0 Å². The molecular formula is C11H21N3. The number of aromatic amines is 1. The molecule has 3 heteroatoms. The largest absolute Gasteiger partial charge is 0.373 e. The van der Waals surface area contributed by atoms with Crippen molar-refractivity contribution in [1.29, 1.82) is 0 Å². The standard InChI is InChI=1S/C11H21N3/c1-4-10(7-12-2)9-14(3)11-5-6-13-8-11/h5-6,8,10,12-13H,4,7,9H2,1-3H3. The third-order valence-electron chi connectivity index (χ3n) is 2.62. The number of aromatic nitrogens is 1. The summed E-state index contributed by atoms with van der Waals surface area (Å²) < 4.78 is 0. The smallest absolute Gasteiger partial charge is 0.0541 e. The molecule has 0 aromatic carbocycles. The van der Waals surface area contributed by atoms with Gasteiger partial charge in [0.05, 0.1) is 5.69 Å². The molecule has 14 heavy (non-hydrogen) atoms. The second-order valence-electron chi connectivity index (χ2n) is 3.78. The Morgan fingerprint density at radius 3 is 2.86 bits per heavy atom. The average Bonchev–Trinajstić information content (AvgIpc) is 2.69. The van der Waals surface area contributed by atoms with Crippen molar-refractivity contribution in [2.75, 3.05) is 32.1 Å².